The van der Waals surface area contributed by atoms with Gasteiger partial charge in [-0.25, -0.2) is 14.1 Å². The number of carbonyl (C=O) groups excluding carboxylic acids is 2. The highest BCUT2D eigenvalue weighted by Gasteiger charge is 2.26. The zero-order valence-electron chi connectivity index (χ0n) is 15.4. The number of amides is 2. The molecule has 0 saturated carbocycles. The molecule has 1 aliphatic heterocycles. The fraction of sp³-hybridized carbons (Fsp3) is 0.211. The van der Waals surface area contributed by atoms with E-state index < -0.39 is 5.91 Å². The lowest BCUT2D eigenvalue weighted by molar-refractivity contribution is 0.0739. The van der Waals surface area contributed by atoms with Crippen LogP contribution in [0.3, 0.4) is 0 Å². The van der Waals surface area contributed by atoms with Gasteiger partial charge in [-0.3, -0.25) is 9.59 Å². The molecule has 10 heteroatoms. The number of nitrogens with zero attached hydrogens (tertiary/aromatic N) is 6. The van der Waals surface area contributed by atoms with E-state index in [-0.39, 0.29) is 17.4 Å². The molecule has 1 aromatic carbocycles. The van der Waals surface area contributed by atoms with Crippen molar-refractivity contribution in [3.63, 3.8) is 0 Å². The number of pyridine rings is 1. The van der Waals surface area contributed by atoms with Crippen molar-refractivity contribution in [1.82, 2.24) is 24.9 Å². The molecule has 0 spiro atoms. The first-order valence-electron chi connectivity index (χ1n) is 9.00. The Kier molecular flexibility index (Phi) is 4.90. The van der Waals surface area contributed by atoms with Gasteiger partial charge >= 0.3 is 0 Å². The van der Waals surface area contributed by atoms with Crippen molar-refractivity contribution in [1.29, 1.82) is 0 Å². The molecule has 2 N–H and O–H groups in total. The minimum Gasteiger partial charge on any atom is -0.365 e. The van der Waals surface area contributed by atoms with Crippen LogP contribution in [0.2, 0.25) is 0 Å². The molecule has 1 aliphatic rings. The number of benzene rings is 1. The van der Waals surface area contributed by atoms with Gasteiger partial charge in [-0.2, -0.15) is 0 Å². The summed E-state index contributed by atoms with van der Waals surface area (Å²) in [6.07, 6.45) is 3.12. The molecule has 0 radical (unpaired) electrons. The quantitative estimate of drug-likeness (QED) is 0.702. The minimum atomic E-state index is -0.538. The van der Waals surface area contributed by atoms with Crippen LogP contribution in [0, 0.1) is 5.82 Å². The van der Waals surface area contributed by atoms with Crippen LogP contribution in [-0.2, 0) is 0 Å². The number of aromatic nitrogens is 4. The number of carbonyl (C=O) groups is 2. The summed E-state index contributed by atoms with van der Waals surface area (Å²) in [5.41, 5.74) is 6.59. The molecule has 9 nitrogen and oxygen atoms in total. The van der Waals surface area contributed by atoms with Gasteiger partial charge in [-0.15, -0.1) is 5.10 Å². The van der Waals surface area contributed by atoms with Gasteiger partial charge in [0.2, 0.25) is 0 Å². The van der Waals surface area contributed by atoms with Crippen molar-refractivity contribution < 1.29 is 14.0 Å². The maximum Gasteiger partial charge on any atom is 0.276 e. The number of hydrogen-bond donors (Lipinski definition) is 1. The van der Waals surface area contributed by atoms with E-state index in [0.717, 1.165) is 0 Å². The Hall–Kier alpha value is -3.82. The third-order valence-corrected chi connectivity index (χ3v) is 4.72. The molecular weight excluding hydrogens is 377 g/mol. The number of primary amides is 1. The van der Waals surface area contributed by atoms with Gasteiger partial charge in [0.05, 0.1) is 17.4 Å². The Morgan fingerprint density at radius 1 is 1.03 bits per heavy atom. The highest BCUT2D eigenvalue weighted by Crippen LogP contribution is 2.19. The molecule has 0 bridgehead atoms. The molecular formula is C19H18FN7O2. The minimum absolute atomic E-state index is 0.207. The largest absolute Gasteiger partial charge is 0.365 e. The predicted octanol–water partition coefficient (Wildman–Crippen LogP) is 0.863. The molecule has 3 heterocycles. The summed E-state index contributed by atoms with van der Waals surface area (Å²) in [7, 11) is 0. The zero-order chi connectivity index (χ0) is 20.4. The van der Waals surface area contributed by atoms with E-state index in [4.69, 9.17) is 5.73 Å². The van der Waals surface area contributed by atoms with E-state index in [1.807, 2.05) is 4.90 Å². The van der Waals surface area contributed by atoms with Crippen LogP contribution in [0.1, 0.15) is 20.8 Å². The average Bonchev–Trinajstić information content (AvgIpc) is 3.24. The molecule has 0 atom stereocenters. The van der Waals surface area contributed by atoms with Gasteiger partial charge in [-0.1, -0.05) is 5.21 Å². The average molecular weight is 395 g/mol. The van der Waals surface area contributed by atoms with Crippen LogP contribution in [0.15, 0.2) is 48.8 Å². The zero-order valence-corrected chi connectivity index (χ0v) is 15.4. The van der Waals surface area contributed by atoms with E-state index in [1.165, 1.54) is 23.0 Å². The first-order chi connectivity index (χ1) is 14.0. The third-order valence-electron chi connectivity index (χ3n) is 4.72. The third kappa shape index (κ3) is 3.77. The summed E-state index contributed by atoms with van der Waals surface area (Å²) in [6, 6.07) is 9.04. The second-order valence-corrected chi connectivity index (χ2v) is 6.54. The maximum absolute atomic E-state index is 13.1. The van der Waals surface area contributed by atoms with Crippen molar-refractivity contribution in [3.8, 4) is 5.69 Å². The van der Waals surface area contributed by atoms with Crippen molar-refractivity contribution >= 4 is 17.6 Å². The number of hydrogen-bond acceptors (Lipinski definition) is 6. The first-order valence-corrected chi connectivity index (χ1v) is 9.00. The number of nitrogens with two attached hydrogens (primary N) is 1. The van der Waals surface area contributed by atoms with Crippen molar-refractivity contribution in [2.24, 2.45) is 5.73 Å². The Labute approximate surface area is 165 Å². The standard InChI is InChI=1S/C19H18FN7O2/c20-13-3-5-14(6-4-13)27-12-16(23-24-27)19(29)26-10-8-25(9-11-26)18-15(17(21)28)2-1-7-22-18/h1-7,12H,8-11H2,(H2,21,28). The molecule has 2 aromatic heterocycles. The SMILES string of the molecule is NC(=O)c1cccnc1N1CCN(C(=O)c2cn(-c3ccc(F)cc3)nn2)CC1. The highest BCUT2D eigenvalue weighted by molar-refractivity contribution is 5.97. The number of anilines is 1. The lowest BCUT2D eigenvalue weighted by atomic mass is 10.2. The van der Waals surface area contributed by atoms with Gasteiger partial charge in [0.1, 0.15) is 11.6 Å². The second-order valence-electron chi connectivity index (χ2n) is 6.54. The summed E-state index contributed by atoms with van der Waals surface area (Å²) in [6.45, 7) is 1.90. The van der Waals surface area contributed by atoms with E-state index in [1.54, 1.807) is 35.4 Å². The molecule has 4 rings (SSSR count). The lowest BCUT2D eigenvalue weighted by Crippen LogP contribution is -2.49. The molecule has 3 aromatic rings. The fourth-order valence-electron chi connectivity index (χ4n) is 3.21. The van der Waals surface area contributed by atoms with Crippen molar-refractivity contribution in [3.05, 3.63) is 65.9 Å². The molecule has 29 heavy (non-hydrogen) atoms. The van der Waals surface area contributed by atoms with E-state index in [9.17, 15) is 14.0 Å². The molecule has 1 fully saturated rings. The molecule has 0 unspecified atom stereocenters. The topological polar surface area (TPSA) is 110 Å². The van der Waals surface area contributed by atoms with Crippen LogP contribution in [-0.4, -0.2) is 62.9 Å². The number of rotatable bonds is 4. The van der Waals surface area contributed by atoms with E-state index >= 15 is 0 Å². The molecule has 2 amide bonds. The Morgan fingerprint density at radius 3 is 2.45 bits per heavy atom. The van der Waals surface area contributed by atoms with E-state index in [0.29, 0.717) is 43.2 Å². The van der Waals surface area contributed by atoms with Gasteiger partial charge in [0.25, 0.3) is 11.8 Å². The Bertz CT molecular complexity index is 1040. The van der Waals surface area contributed by atoms with E-state index in [2.05, 4.69) is 15.3 Å². The second kappa shape index (κ2) is 7.66. The van der Waals surface area contributed by atoms with Gasteiger partial charge in [0.15, 0.2) is 5.69 Å². The predicted molar refractivity (Wildman–Crippen MR) is 102 cm³/mol. The maximum atomic E-state index is 13.1. The number of piperazine rings is 1. The monoisotopic (exact) mass is 395 g/mol. The molecule has 1 saturated heterocycles. The van der Waals surface area contributed by atoms with Gasteiger partial charge < -0.3 is 15.5 Å². The Balaban J connectivity index is 1.43. The summed E-state index contributed by atoms with van der Waals surface area (Å²) in [5.74, 6) is -0.608. The summed E-state index contributed by atoms with van der Waals surface area (Å²) < 4.78 is 14.5. The highest BCUT2D eigenvalue weighted by atomic mass is 19.1. The van der Waals surface area contributed by atoms with Crippen LogP contribution >= 0.6 is 0 Å². The summed E-state index contributed by atoms with van der Waals surface area (Å²) >= 11 is 0. The molecule has 0 aliphatic carbocycles. The van der Waals surface area contributed by atoms with Crippen molar-refractivity contribution in [2.45, 2.75) is 0 Å². The van der Waals surface area contributed by atoms with Crippen LogP contribution in [0.5, 0.6) is 0 Å². The Morgan fingerprint density at radius 2 is 1.76 bits per heavy atom. The summed E-state index contributed by atoms with van der Waals surface area (Å²) in [5, 5.41) is 7.90. The smallest absolute Gasteiger partial charge is 0.276 e. The van der Waals surface area contributed by atoms with Gasteiger partial charge in [-0.05, 0) is 36.4 Å². The number of halogens is 1. The van der Waals surface area contributed by atoms with Gasteiger partial charge in [0, 0.05) is 32.4 Å². The summed E-state index contributed by atoms with van der Waals surface area (Å²) in [4.78, 5) is 32.2. The van der Waals surface area contributed by atoms with Crippen LogP contribution < -0.4 is 10.6 Å². The normalized spacial score (nSPS) is 14.1. The van der Waals surface area contributed by atoms with Crippen LogP contribution in [0.4, 0.5) is 10.2 Å². The van der Waals surface area contributed by atoms with Crippen molar-refractivity contribution in [2.75, 3.05) is 31.1 Å². The molecule has 148 valence electrons. The fourth-order valence-corrected chi connectivity index (χ4v) is 3.21. The first kappa shape index (κ1) is 18.5. The lowest BCUT2D eigenvalue weighted by Gasteiger charge is -2.35. The van der Waals surface area contributed by atoms with Crippen LogP contribution in [0.25, 0.3) is 5.69 Å².